The van der Waals surface area contributed by atoms with Crippen molar-refractivity contribution in [2.45, 2.75) is 43.0 Å². The van der Waals surface area contributed by atoms with Gasteiger partial charge in [-0.1, -0.05) is 31.0 Å². The van der Waals surface area contributed by atoms with Gasteiger partial charge in [-0.3, -0.25) is 4.98 Å². The summed E-state index contributed by atoms with van der Waals surface area (Å²) >= 11 is 0. The molecule has 2 atom stereocenters. The maximum absolute atomic E-state index is 12.4. The average Bonchev–Trinajstić information content (AvgIpc) is 2.67. The smallest absolute Gasteiger partial charge is 0.240 e. The molecule has 2 aromatic rings. The lowest BCUT2D eigenvalue weighted by Gasteiger charge is -2.27. The van der Waals surface area contributed by atoms with E-state index in [1.807, 2.05) is 18.2 Å². The van der Waals surface area contributed by atoms with Crippen molar-refractivity contribution in [1.29, 1.82) is 5.26 Å². The topological polar surface area (TPSA) is 82.8 Å². The van der Waals surface area contributed by atoms with Crippen LogP contribution in [0, 0.1) is 17.2 Å². The number of benzene rings is 1. The number of pyridine rings is 1. The second-order valence-electron chi connectivity index (χ2n) is 6.38. The van der Waals surface area contributed by atoms with Crippen LogP contribution >= 0.6 is 0 Å². The molecular weight excluding hydrogens is 334 g/mol. The Labute approximate surface area is 148 Å². The minimum Gasteiger partial charge on any atom is -0.264 e. The molecule has 0 aliphatic heterocycles. The normalized spacial score (nSPS) is 20.8. The first-order chi connectivity index (χ1) is 12.1. The van der Waals surface area contributed by atoms with Crippen molar-refractivity contribution in [2.24, 2.45) is 5.92 Å². The minimum atomic E-state index is -3.57. The van der Waals surface area contributed by atoms with Crippen LogP contribution in [0.25, 0.3) is 0 Å². The maximum Gasteiger partial charge on any atom is 0.240 e. The monoisotopic (exact) mass is 355 g/mol. The lowest BCUT2D eigenvalue weighted by molar-refractivity contribution is 0.369. The molecule has 25 heavy (non-hydrogen) atoms. The zero-order valence-corrected chi connectivity index (χ0v) is 14.7. The number of nitrogens with zero attached hydrogens (tertiary/aromatic N) is 2. The van der Waals surface area contributed by atoms with E-state index in [1.165, 1.54) is 0 Å². The third kappa shape index (κ3) is 4.25. The van der Waals surface area contributed by atoms with E-state index in [0.717, 1.165) is 36.8 Å². The highest BCUT2D eigenvalue weighted by molar-refractivity contribution is 7.89. The Bertz CT molecular complexity index is 842. The fourth-order valence-corrected chi connectivity index (χ4v) is 4.36. The van der Waals surface area contributed by atoms with E-state index in [1.54, 1.807) is 30.6 Å². The Kier molecular flexibility index (Phi) is 5.47. The minimum absolute atomic E-state index is 0.0277. The second-order valence-corrected chi connectivity index (χ2v) is 8.15. The number of aromatic nitrogens is 1. The van der Waals surface area contributed by atoms with E-state index in [9.17, 15) is 13.7 Å². The summed E-state index contributed by atoms with van der Waals surface area (Å²) in [5, 5.41) is 9.32. The molecule has 0 radical (unpaired) electrons. The van der Waals surface area contributed by atoms with Gasteiger partial charge < -0.3 is 0 Å². The highest BCUT2D eigenvalue weighted by Gasteiger charge is 2.26. The van der Waals surface area contributed by atoms with Crippen LogP contribution in [0.15, 0.2) is 53.7 Å². The number of nitriles is 1. The summed E-state index contributed by atoms with van der Waals surface area (Å²) in [5.41, 5.74) is 1.86. The Morgan fingerprint density at radius 1 is 1.16 bits per heavy atom. The van der Waals surface area contributed by atoms with E-state index in [0.29, 0.717) is 0 Å². The third-order valence-corrected chi connectivity index (χ3v) is 6.16. The molecule has 1 aromatic heterocycles. The molecule has 3 rings (SSSR count). The molecule has 2 unspecified atom stereocenters. The molecule has 1 heterocycles. The van der Waals surface area contributed by atoms with Gasteiger partial charge in [0.15, 0.2) is 0 Å². The Hall–Kier alpha value is -2.23. The number of hydrogen-bond donors (Lipinski definition) is 1. The lowest BCUT2D eigenvalue weighted by Crippen LogP contribution is -2.23. The van der Waals surface area contributed by atoms with Crippen LogP contribution in [-0.2, 0) is 16.6 Å². The number of sulfonamides is 1. The highest BCUT2D eigenvalue weighted by atomic mass is 32.2. The van der Waals surface area contributed by atoms with Gasteiger partial charge in [0.2, 0.25) is 10.0 Å². The molecule has 0 bridgehead atoms. The molecule has 1 aliphatic rings. The zero-order valence-electron chi connectivity index (χ0n) is 13.9. The van der Waals surface area contributed by atoms with Crippen LogP contribution in [0.1, 0.15) is 42.7 Å². The van der Waals surface area contributed by atoms with Crippen molar-refractivity contribution in [3.63, 3.8) is 0 Å². The van der Waals surface area contributed by atoms with Crippen molar-refractivity contribution in [3.05, 3.63) is 59.9 Å². The van der Waals surface area contributed by atoms with Crippen LogP contribution in [0.5, 0.6) is 0 Å². The summed E-state index contributed by atoms with van der Waals surface area (Å²) in [7, 11) is -3.57. The van der Waals surface area contributed by atoms with Crippen molar-refractivity contribution < 1.29 is 8.42 Å². The summed E-state index contributed by atoms with van der Waals surface area (Å²) in [6, 6.07) is 12.9. The summed E-state index contributed by atoms with van der Waals surface area (Å²) in [5.74, 6) is 0.235. The van der Waals surface area contributed by atoms with E-state index in [-0.39, 0.29) is 23.3 Å². The predicted molar refractivity (Wildman–Crippen MR) is 95.0 cm³/mol. The van der Waals surface area contributed by atoms with Crippen LogP contribution in [-0.4, -0.2) is 13.4 Å². The summed E-state index contributed by atoms with van der Waals surface area (Å²) in [6.45, 7) is 0.205. The van der Waals surface area contributed by atoms with Gasteiger partial charge in [-0.25, -0.2) is 13.1 Å². The fourth-order valence-electron chi connectivity index (χ4n) is 3.34. The van der Waals surface area contributed by atoms with Crippen molar-refractivity contribution in [1.82, 2.24) is 9.71 Å². The molecule has 5 nitrogen and oxygen atoms in total. The van der Waals surface area contributed by atoms with Crippen LogP contribution in [0.4, 0.5) is 0 Å². The molecule has 130 valence electrons. The van der Waals surface area contributed by atoms with Crippen molar-refractivity contribution >= 4 is 10.0 Å². The highest BCUT2D eigenvalue weighted by Crippen LogP contribution is 2.37. The standard InChI is InChI=1S/C19H21N3O2S/c20-12-17-5-1-2-6-19(17)16-7-9-18(10-8-16)25(23,24)22-14-15-4-3-11-21-13-15/h3-4,7-11,13,17,19,22H,1-2,5-6,14H2. The molecule has 6 heteroatoms. The van der Waals surface area contributed by atoms with Gasteiger partial charge >= 0.3 is 0 Å². The van der Waals surface area contributed by atoms with E-state index >= 15 is 0 Å². The Morgan fingerprint density at radius 3 is 2.60 bits per heavy atom. The average molecular weight is 355 g/mol. The largest absolute Gasteiger partial charge is 0.264 e. The van der Waals surface area contributed by atoms with Crippen LogP contribution in [0.3, 0.4) is 0 Å². The summed E-state index contributed by atoms with van der Waals surface area (Å²) in [6.07, 6.45) is 7.42. The summed E-state index contributed by atoms with van der Waals surface area (Å²) < 4.78 is 27.4. The summed E-state index contributed by atoms with van der Waals surface area (Å²) in [4.78, 5) is 4.22. The van der Waals surface area contributed by atoms with Gasteiger partial charge in [-0.05, 0) is 48.1 Å². The number of rotatable bonds is 5. The van der Waals surface area contributed by atoms with E-state index in [2.05, 4.69) is 15.8 Å². The molecule has 1 N–H and O–H groups in total. The van der Waals surface area contributed by atoms with Gasteiger partial charge in [0.05, 0.1) is 16.9 Å². The van der Waals surface area contributed by atoms with E-state index in [4.69, 9.17) is 0 Å². The molecule has 1 fully saturated rings. The van der Waals surface area contributed by atoms with Gasteiger partial charge in [-0.15, -0.1) is 0 Å². The van der Waals surface area contributed by atoms with Gasteiger partial charge in [0.25, 0.3) is 0 Å². The van der Waals surface area contributed by atoms with E-state index < -0.39 is 10.0 Å². The quantitative estimate of drug-likeness (QED) is 0.891. The second kappa shape index (κ2) is 7.77. The Balaban J connectivity index is 1.71. The first kappa shape index (κ1) is 17.6. The van der Waals surface area contributed by atoms with Gasteiger partial charge in [0, 0.05) is 18.9 Å². The van der Waals surface area contributed by atoms with Crippen LogP contribution in [0.2, 0.25) is 0 Å². The van der Waals surface area contributed by atoms with Gasteiger partial charge in [-0.2, -0.15) is 5.26 Å². The molecule has 0 saturated heterocycles. The van der Waals surface area contributed by atoms with Crippen molar-refractivity contribution in [3.8, 4) is 6.07 Å². The lowest BCUT2D eigenvalue weighted by atomic mass is 9.76. The molecule has 0 spiro atoms. The van der Waals surface area contributed by atoms with Gasteiger partial charge in [0.1, 0.15) is 0 Å². The molecule has 1 aliphatic carbocycles. The number of hydrogen-bond acceptors (Lipinski definition) is 4. The van der Waals surface area contributed by atoms with Crippen molar-refractivity contribution in [2.75, 3.05) is 0 Å². The molecule has 1 saturated carbocycles. The molecule has 0 amide bonds. The fraction of sp³-hybridized carbons (Fsp3) is 0.368. The van der Waals surface area contributed by atoms with Crippen LogP contribution < -0.4 is 4.72 Å². The SMILES string of the molecule is N#CC1CCCCC1c1ccc(S(=O)(=O)NCc2cccnc2)cc1. The molecular formula is C19H21N3O2S. The molecule has 1 aromatic carbocycles. The predicted octanol–water partition coefficient (Wildman–Crippen LogP) is 3.36. The zero-order chi connectivity index (χ0) is 17.7. The first-order valence-corrected chi connectivity index (χ1v) is 9.96. The maximum atomic E-state index is 12.4. The first-order valence-electron chi connectivity index (χ1n) is 8.48. The third-order valence-electron chi connectivity index (χ3n) is 4.74. The number of nitrogens with one attached hydrogen (secondary N) is 1. The Morgan fingerprint density at radius 2 is 1.92 bits per heavy atom.